The quantitative estimate of drug-likeness (QED) is 0.482. The number of benzene rings is 1. The molecule has 0 unspecified atom stereocenters. The second kappa shape index (κ2) is 4.62. The number of nitro groups is 1. The van der Waals surface area contributed by atoms with Crippen molar-refractivity contribution in [1.29, 1.82) is 0 Å². The van der Waals surface area contributed by atoms with Crippen molar-refractivity contribution in [3.8, 4) is 11.3 Å². The first-order chi connectivity index (χ1) is 8.52. The Hall–Kier alpha value is -2.14. The summed E-state index contributed by atoms with van der Waals surface area (Å²) in [5, 5.41) is 11.2. The van der Waals surface area contributed by atoms with E-state index in [9.17, 15) is 14.9 Å². The van der Waals surface area contributed by atoms with Crippen LogP contribution in [0, 0.1) is 17.0 Å². The molecule has 0 aliphatic heterocycles. The van der Waals surface area contributed by atoms with Crippen LogP contribution in [0.2, 0.25) is 5.02 Å². The lowest BCUT2D eigenvalue weighted by atomic mass is 10.1. The van der Waals surface area contributed by atoms with Gasteiger partial charge in [-0.1, -0.05) is 11.6 Å². The number of furan rings is 1. The summed E-state index contributed by atoms with van der Waals surface area (Å²) in [5.74, 6) is 0.520. The summed E-state index contributed by atoms with van der Waals surface area (Å²) in [6, 6.07) is 5.99. The molecular formula is C12H8ClNO4. The van der Waals surface area contributed by atoms with Crippen LogP contribution in [0.25, 0.3) is 11.3 Å². The highest BCUT2D eigenvalue weighted by Crippen LogP contribution is 2.33. The fourth-order valence-electron chi connectivity index (χ4n) is 1.57. The van der Waals surface area contributed by atoms with Gasteiger partial charge < -0.3 is 4.42 Å². The monoisotopic (exact) mass is 265 g/mol. The van der Waals surface area contributed by atoms with Crippen LogP contribution in [0.5, 0.6) is 0 Å². The molecule has 0 saturated heterocycles. The fourth-order valence-corrected chi connectivity index (χ4v) is 1.78. The van der Waals surface area contributed by atoms with Gasteiger partial charge in [-0.2, -0.15) is 0 Å². The molecule has 0 saturated carbocycles. The number of nitrogens with zero attached hydrogens (tertiary/aromatic N) is 1. The normalized spacial score (nSPS) is 10.3. The standard InChI is InChI=1S/C12H8ClNO4/c1-7-10(13)4-8(5-11(7)14(16)17)12-3-2-9(6-15)18-12/h2-6H,1H3. The molecule has 92 valence electrons. The van der Waals surface area contributed by atoms with Gasteiger partial charge in [-0.05, 0) is 25.1 Å². The van der Waals surface area contributed by atoms with E-state index in [0.29, 0.717) is 23.2 Å². The summed E-state index contributed by atoms with van der Waals surface area (Å²) in [7, 11) is 0. The van der Waals surface area contributed by atoms with Crippen LogP contribution in [0.15, 0.2) is 28.7 Å². The average molecular weight is 266 g/mol. The Balaban J connectivity index is 2.58. The predicted octanol–water partition coefficient (Wildman–Crippen LogP) is 3.63. The lowest BCUT2D eigenvalue weighted by Crippen LogP contribution is -1.93. The number of hydrogen-bond donors (Lipinski definition) is 0. The molecule has 5 nitrogen and oxygen atoms in total. The van der Waals surface area contributed by atoms with Crippen LogP contribution in [-0.4, -0.2) is 11.2 Å². The number of aldehydes is 1. The molecule has 6 heteroatoms. The highest BCUT2D eigenvalue weighted by Gasteiger charge is 2.17. The number of carbonyl (C=O) groups excluding carboxylic acids is 1. The maximum atomic E-state index is 10.9. The number of nitro benzene ring substituents is 1. The molecule has 0 fully saturated rings. The lowest BCUT2D eigenvalue weighted by Gasteiger charge is -2.03. The van der Waals surface area contributed by atoms with E-state index in [-0.39, 0.29) is 16.5 Å². The van der Waals surface area contributed by atoms with Crippen molar-refractivity contribution < 1.29 is 14.1 Å². The summed E-state index contributed by atoms with van der Waals surface area (Å²) < 4.78 is 5.20. The molecule has 1 aromatic carbocycles. The fraction of sp³-hybridized carbons (Fsp3) is 0.0833. The maximum Gasteiger partial charge on any atom is 0.274 e. The molecule has 2 aromatic rings. The van der Waals surface area contributed by atoms with Crippen LogP contribution in [0.3, 0.4) is 0 Å². The van der Waals surface area contributed by atoms with Gasteiger partial charge in [0.2, 0.25) is 0 Å². The zero-order chi connectivity index (χ0) is 13.3. The Morgan fingerprint density at radius 2 is 2.11 bits per heavy atom. The summed E-state index contributed by atoms with van der Waals surface area (Å²) in [5.41, 5.74) is 0.777. The topological polar surface area (TPSA) is 73.3 Å². The van der Waals surface area contributed by atoms with Gasteiger partial charge in [0.05, 0.1) is 9.95 Å². The third-order valence-electron chi connectivity index (χ3n) is 2.54. The number of halogens is 1. The summed E-state index contributed by atoms with van der Waals surface area (Å²) in [4.78, 5) is 20.9. The molecule has 0 bridgehead atoms. The van der Waals surface area contributed by atoms with Crippen LogP contribution >= 0.6 is 11.6 Å². The summed E-state index contributed by atoms with van der Waals surface area (Å²) >= 11 is 5.94. The number of hydrogen-bond acceptors (Lipinski definition) is 4. The van der Waals surface area contributed by atoms with E-state index in [2.05, 4.69) is 0 Å². The van der Waals surface area contributed by atoms with E-state index in [1.165, 1.54) is 12.1 Å². The molecule has 0 N–H and O–H groups in total. The lowest BCUT2D eigenvalue weighted by molar-refractivity contribution is -0.385. The number of carbonyl (C=O) groups is 1. The van der Waals surface area contributed by atoms with Crippen molar-refractivity contribution in [2.24, 2.45) is 0 Å². The van der Waals surface area contributed by atoms with Crippen molar-refractivity contribution in [2.75, 3.05) is 0 Å². The van der Waals surface area contributed by atoms with Crippen LogP contribution in [-0.2, 0) is 0 Å². The van der Waals surface area contributed by atoms with Crippen molar-refractivity contribution >= 4 is 23.6 Å². The number of rotatable bonds is 3. The van der Waals surface area contributed by atoms with E-state index < -0.39 is 4.92 Å². The van der Waals surface area contributed by atoms with Gasteiger partial charge in [0.25, 0.3) is 5.69 Å². The third kappa shape index (κ3) is 2.12. The van der Waals surface area contributed by atoms with Crippen LogP contribution in [0.4, 0.5) is 5.69 Å². The average Bonchev–Trinajstić information content (AvgIpc) is 2.80. The van der Waals surface area contributed by atoms with Crippen molar-refractivity contribution in [3.63, 3.8) is 0 Å². The molecule has 2 rings (SSSR count). The minimum atomic E-state index is -0.506. The van der Waals surface area contributed by atoms with Crippen molar-refractivity contribution in [3.05, 3.63) is 50.7 Å². The predicted molar refractivity (Wildman–Crippen MR) is 65.9 cm³/mol. The highest BCUT2D eigenvalue weighted by atomic mass is 35.5. The Morgan fingerprint density at radius 1 is 1.39 bits per heavy atom. The molecule has 0 spiro atoms. The molecule has 0 radical (unpaired) electrons. The smallest absolute Gasteiger partial charge is 0.274 e. The minimum absolute atomic E-state index is 0.0819. The molecule has 0 aliphatic carbocycles. The van der Waals surface area contributed by atoms with Crippen LogP contribution < -0.4 is 0 Å². The van der Waals surface area contributed by atoms with Gasteiger partial charge >= 0.3 is 0 Å². The van der Waals surface area contributed by atoms with Crippen molar-refractivity contribution in [1.82, 2.24) is 0 Å². The Morgan fingerprint density at radius 3 is 2.67 bits per heavy atom. The maximum absolute atomic E-state index is 10.9. The first-order valence-electron chi connectivity index (χ1n) is 5.03. The highest BCUT2D eigenvalue weighted by molar-refractivity contribution is 6.32. The van der Waals surface area contributed by atoms with Gasteiger partial charge in [0.1, 0.15) is 5.76 Å². The Bertz CT molecular complexity index is 633. The first kappa shape index (κ1) is 12.3. The van der Waals surface area contributed by atoms with E-state index in [4.69, 9.17) is 16.0 Å². The zero-order valence-electron chi connectivity index (χ0n) is 9.34. The van der Waals surface area contributed by atoms with E-state index in [0.717, 1.165) is 0 Å². The summed E-state index contributed by atoms with van der Waals surface area (Å²) in [6.45, 7) is 1.57. The molecular weight excluding hydrogens is 258 g/mol. The summed E-state index contributed by atoms with van der Waals surface area (Å²) in [6.07, 6.45) is 0.563. The second-order valence-electron chi connectivity index (χ2n) is 3.68. The molecule has 18 heavy (non-hydrogen) atoms. The van der Waals surface area contributed by atoms with E-state index in [1.807, 2.05) is 0 Å². The SMILES string of the molecule is Cc1c(Cl)cc(-c2ccc(C=O)o2)cc1[N+](=O)[O-]. The van der Waals surface area contributed by atoms with Gasteiger partial charge in [-0.25, -0.2) is 0 Å². The van der Waals surface area contributed by atoms with E-state index >= 15 is 0 Å². The Labute approximate surface area is 107 Å². The molecule has 0 amide bonds. The molecule has 0 aliphatic rings. The first-order valence-corrected chi connectivity index (χ1v) is 5.40. The van der Waals surface area contributed by atoms with Crippen molar-refractivity contribution in [2.45, 2.75) is 6.92 Å². The van der Waals surface area contributed by atoms with Gasteiger partial charge in [-0.3, -0.25) is 14.9 Å². The molecule has 1 heterocycles. The van der Waals surface area contributed by atoms with Gasteiger partial charge in [0.15, 0.2) is 12.0 Å². The largest absolute Gasteiger partial charge is 0.453 e. The van der Waals surface area contributed by atoms with E-state index in [1.54, 1.807) is 19.1 Å². The zero-order valence-corrected chi connectivity index (χ0v) is 10.1. The van der Waals surface area contributed by atoms with Gasteiger partial charge in [0, 0.05) is 17.2 Å². The molecule has 1 aromatic heterocycles. The second-order valence-corrected chi connectivity index (χ2v) is 4.09. The van der Waals surface area contributed by atoms with Crippen LogP contribution in [0.1, 0.15) is 16.1 Å². The third-order valence-corrected chi connectivity index (χ3v) is 2.93. The molecule has 0 atom stereocenters. The minimum Gasteiger partial charge on any atom is -0.453 e. The van der Waals surface area contributed by atoms with Gasteiger partial charge in [-0.15, -0.1) is 0 Å². The Kier molecular flexibility index (Phi) is 3.16.